The van der Waals surface area contributed by atoms with Gasteiger partial charge in [0.2, 0.25) is 0 Å². The molecule has 3 rings (SSSR count). The molecule has 0 aliphatic carbocycles. The van der Waals surface area contributed by atoms with E-state index in [1.807, 2.05) is 12.2 Å². The zero-order valence-corrected chi connectivity index (χ0v) is 28.0. The van der Waals surface area contributed by atoms with Crippen LogP contribution in [0.2, 0.25) is 0 Å². The summed E-state index contributed by atoms with van der Waals surface area (Å²) in [5, 5.41) is 24.7. The molecular weight excluding hydrogens is 727 g/mol. The van der Waals surface area contributed by atoms with Crippen LogP contribution in [-0.4, -0.2) is 54.4 Å². The standard InChI is InChI=1S/C9H6F3N3O2.C9H8F3N3.C7H3FN2O2.C4H8O2.C2H7N/c1-13-6-2-3-8(15(16)17)7(4-6)14-5-9(10,11)12;1-14-6-2-3-7(13)8(4-6)15-5-9(10,11)12;1-9-5-2-3-7(10(11)12)6(8)4-5;1-3-6-4(2)5;1-2-3/h2-4,14H,5H2;2-4,15H,5,13H2;2-4H;3H2,1-2H3;2-3H2,1H3. The molecule has 22 heteroatoms. The number of alkyl halides is 6. The molecular formula is C31H32F7N9O6. The van der Waals surface area contributed by atoms with Gasteiger partial charge in [-0.3, -0.25) is 25.0 Å². The van der Waals surface area contributed by atoms with Crippen molar-refractivity contribution in [3.63, 3.8) is 0 Å². The van der Waals surface area contributed by atoms with Crippen LogP contribution in [0.15, 0.2) is 54.6 Å². The summed E-state index contributed by atoms with van der Waals surface area (Å²) in [6.07, 6.45) is -8.79. The van der Waals surface area contributed by atoms with Crippen LogP contribution in [0, 0.1) is 45.8 Å². The van der Waals surface area contributed by atoms with Gasteiger partial charge in [-0.05, 0) is 49.9 Å². The summed E-state index contributed by atoms with van der Waals surface area (Å²) in [6.45, 7) is 23.6. The molecule has 6 N–H and O–H groups in total. The van der Waals surface area contributed by atoms with Gasteiger partial charge in [-0.2, -0.15) is 26.3 Å². The Morgan fingerprint density at radius 3 is 1.49 bits per heavy atom. The Kier molecular flexibility index (Phi) is 22.3. The molecule has 0 fully saturated rings. The smallest absolute Gasteiger partial charge is 0.405 e. The molecule has 0 saturated heterocycles. The molecule has 0 spiro atoms. The van der Waals surface area contributed by atoms with E-state index in [-0.39, 0.29) is 40.1 Å². The lowest BCUT2D eigenvalue weighted by Crippen LogP contribution is -2.21. The predicted molar refractivity (Wildman–Crippen MR) is 182 cm³/mol. The second-order valence-electron chi connectivity index (χ2n) is 9.23. The quantitative estimate of drug-likeness (QED) is 0.0451. The Labute approximate surface area is 298 Å². The number of hydrogen-bond donors (Lipinski definition) is 4. The van der Waals surface area contributed by atoms with Crippen molar-refractivity contribution < 1.29 is 50.1 Å². The van der Waals surface area contributed by atoms with Crippen molar-refractivity contribution in [2.45, 2.75) is 33.1 Å². The first kappa shape index (κ1) is 48.4. The SMILES string of the molecule is CCN.CCOC(C)=O.[C-]#[N+]c1ccc(N)c(NCC(F)(F)F)c1.[C-]#[N+]c1ccc([N+](=O)[O-])c(F)c1.[C-]#[N+]c1ccc([N+](=O)[O-])c(NCC(F)(F)F)c1. The Bertz CT molecular complexity index is 1790. The fourth-order valence-electron chi connectivity index (χ4n) is 2.97. The third kappa shape index (κ3) is 22.6. The number of benzene rings is 3. The van der Waals surface area contributed by atoms with Crippen LogP contribution in [-0.2, 0) is 9.53 Å². The predicted octanol–water partition coefficient (Wildman–Crippen LogP) is 8.73. The molecule has 0 unspecified atom stereocenters. The first-order chi connectivity index (χ1) is 24.6. The molecule has 0 heterocycles. The van der Waals surface area contributed by atoms with Crippen molar-refractivity contribution in [3.8, 4) is 0 Å². The van der Waals surface area contributed by atoms with Crippen LogP contribution >= 0.6 is 0 Å². The van der Waals surface area contributed by atoms with E-state index < -0.39 is 52.5 Å². The van der Waals surface area contributed by atoms with Gasteiger partial charge in [0.1, 0.15) is 18.8 Å². The van der Waals surface area contributed by atoms with Crippen LogP contribution in [0.4, 0.5) is 76.2 Å². The Morgan fingerprint density at radius 2 is 1.15 bits per heavy atom. The van der Waals surface area contributed by atoms with Crippen molar-refractivity contribution in [1.82, 2.24) is 0 Å². The molecule has 3 aromatic rings. The molecule has 0 saturated carbocycles. The lowest BCUT2D eigenvalue weighted by molar-refractivity contribution is -0.387. The fraction of sp³-hybridized carbons (Fsp3) is 0.290. The lowest BCUT2D eigenvalue weighted by atomic mass is 10.2. The first-order valence-electron chi connectivity index (χ1n) is 14.3. The molecule has 0 aliphatic heterocycles. The minimum atomic E-state index is -4.48. The maximum Gasteiger partial charge on any atom is 0.405 e. The minimum absolute atomic E-state index is 0.0280. The summed E-state index contributed by atoms with van der Waals surface area (Å²) in [5.74, 6) is -1.19. The molecule has 0 aliphatic rings. The monoisotopic (exact) mass is 759 g/mol. The number of ether oxygens (including phenoxy) is 1. The van der Waals surface area contributed by atoms with Gasteiger partial charge in [-0.1, -0.05) is 13.0 Å². The van der Waals surface area contributed by atoms with Crippen LogP contribution in [0.1, 0.15) is 20.8 Å². The van der Waals surface area contributed by atoms with Gasteiger partial charge in [0.05, 0.1) is 41.9 Å². The number of halogens is 7. The number of carbonyl (C=O) groups is 1. The number of esters is 1. The van der Waals surface area contributed by atoms with E-state index in [9.17, 15) is 55.8 Å². The molecule has 0 amide bonds. The number of nitrogens with two attached hydrogens (primary N) is 2. The molecule has 0 aromatic heterocycles. The summed E-state index contributed by atoms with van der Waals surface area (Å²) in [6, 6.07) is 10.3. The lowest BCUT2D eigenvalue weighted by Gasteiger charge is -2.11. The Balaban J connectivity index is 0. The van der Waals surface area contributed by atoms with E-state index in [2.05, 4.69) is 24.6 Å². The molecule has 0 atom stereocenters. The highest BCUT2D eigenvalue weighted by atomic mass is 19.4. The highest BCUT2D eigenvalue weighted by Crippen LogP contribution is 2.30. The summed E-state index contributed by atoms with van der Waals surface area (Å²) in [7, 11) is 0. The van der Waals surface area contributed by atoms with Gasteiger partial charge in [0.15, 0.2) is 22.9 Å². The van der Waals surface area contributed by atoms with Crippen molar-refractivity contribution in [1.29, 1.82) is 0 Å². The van der Waals surface area contributed by atoms with Gasteiger partial charge in [0.25, 0.3) is 5.69 Å². The number of nitrogens with zero attached hydrogens (tertiary/aromatic N) is 5. The summed E-state index contributed by atoms with van der Waals surface area (Å²) >= 11 is 0. The van der Waals surface area contributed by atoms with E-state index in [0.717, 1.165) is 30.8 Å². The van der Waals surface area contributed by atoms with Crippen LogP contribution in [0.5, 0.6) is 0 Å². The number of hydrogen-bond acceptors (Lipinski definition) is 10. The average molecular weight is 760 g/mol. The third-order valence-corrected chi connectivity index (χ3v) is 5.04. The number of nitrogen functional groups attached to an aromatic ring is 1. The van der Waals surface area contributed by atoms with Gasteiger partial charge in [-0.15, -0.1) is 0 Å². The molecule has 15 nitrogen and oxygen atoms in total. The van der Waals surface area contributed by atoms with Crippen LogP contribution in [0.25, 0.3) is 14.5 Å². The maximum atomic E-state index is 12.7. The minimum Gasteiger partial charge on any atom is -0.466 e. The van der Waals surface area contributed by atoms with Crippen LogP contribution in [0.3, 0.4) is 0 Å². The summed E-state index contributed by atoms with van der Waals surface area (Å²) in [5.41, 5.74) is 9.50. The number of carbonyl (C=O) groups excluding carboxylic acids is 1. The van der Waals surface area contributed by atoms with E-state index >= 15 is 0 Å². The van der Waals surface area contributed by atoms with Crippen molar-refractivity contribution >= 4 is 51.5 Å². The van der Waals surface area contributed by atoms with E-state index in [1.165, 1.54) is 37.3 Å². The Morgan fingerprint density at radius 1 is 0.774 bits per heavy atom. The van der Waals surface area contributed by atoms with E-state index in [0.29, 0.717) is 6.61 Å². The van der Waals surface area contributed by atoms with Gasteiger partial charge in [-0.25, -0.2) is 18.9 Å². The largest absolute Gasteiger partial charge is 0.466 e. The Hall–Kier alpha value is -6.73. The van der Waals surface area contributed by atoms with E-state index in [4.69, 9.17) is 31.2 Å². The molecule has 53 heavy (non-hydrogen) atoms. The maximum absolute atomic E-state index is 12.7. The highest BCUT2D eigenvalue weighted by Gasteiger charge is 2.28. The number of rotatable bonds is 7. The number of nitrogens with one attached hydrogen (secondary N) is 2. The van der Waals surface area contributed by atoms with Gasteiger partial charge < -0.3 is 26.8 Å². The second kappa shape index (κ2) is 24.4. The number of nitro groups is 2. The van der Waals surface area contributed by atoms with E-state index in [1.54, 1.807) is 6.92 Å². The number of anilines is 3. The van der Waals surface area contributed by atoms with Gasteiger partial charge in [0, 0.05) is 24.7 Å². The normalized spacial score (nSPS) is 9.74. The highest BCUT2D eigenvalue weighted by molar-refractivity contribution is 5.72. The number of nitro benzene ring substituents is 2. The second-order valence-corrected chi connectivity index (χ2v) is 9.23. The summed E-state index contributed by atoms with van der Waals surface area (Å²) in [4.78, 5) is 37.8. The fourth-order valence-corrected chi connectivity index (χ4v) is 2.97. The molecule has 0 bridgehead atoms. The zero-order chi connectivity index (χ0) is 41.4. The van der Waals surface area contributed by atoms with Crippen LogP contribution < -0.4 is 22.1 Å². The first-order valence-corrected chi connectivity index (χ1v) is 14.3. The van der Waals surface area contributed by atoms with Crippen molar-refractivity contribution in [3.05, 3.63) is 115 Å². The van der Waals surface area contributed by atoms with Gasteiger partial charge >= 0.3 is 24.0 Å². The zero-order valence-electron chi connectivity index (χ0n) is 28.0. The molecule has 3 aromatic carbocycles. The summed E-state index contributed by atoms with van der Waals surface area (Å²) < 4.78 is 88.7. The molecule has 0 radical (unpaired) electrons. The van der Waals surface area contributed by atoms with Crippen molar-refractivity contribution in [2.24, 2.45) is 5.73 Å². The third-order valence-electron chi connectivity index (χ3n) is 5.04. The molecule has 286 valence electrons. The average Bonchev–Trinajstić information content (AvgIpc) is 3.07. The van der Waals surface area contributed by atoms with Crippen molar-refractivity contribution in [2.75, 3.05) is 42.6 Å². The topological polar surface area (TPSA) is 202 Å².